The zero-order valence-electron chi connectivity index (χ0n) is 13.4. The van der Waals surface area contributed by atoms with Gasteiger partial charge in [0.1, 0.15) is 5.82 Å². The molecule has 6 nitrogen and oxygen atoms in total. The third-order valence-electron chi connectivity index (χ3n) is 4.43. The molecule has 2 aliphatic heterocycles. The van der Waals surface area contributed by atoms with E-state index in [1.54, 1.807) is 4.90 Å². The molecule has 11 heteroatoms. The topological polar surface area (TPSA) is 65.5 Å². The largest absolute Gasteiger partial charge is 0.416 e. The second kappa shape index (κ2) is 7.65. The molecule has 142 valence electrons. The smallest absolute Gasteiger partial charge is 0.354 e. The maximum Gasteiger partial charge on any atom is 0.416 e. The van der Waals surface area contributed by atoms with Crippen LogP contribution in [0.1, 0.15) is 12.0 Å². The van der Waals surface area contributed by atoms with Crippen LogP contribution in [0.3, 0.4) is 0 Å². The number of nitrogens with zero attached hydrogens (tertiary/aromatic N) is 3. The number of hydrogen-bond donors (Lipinski definition) is 1. The zero-order chi connectivity index (χ0) is 17.4. The minimum atomic E-state index is -4.42. The fourth-order valence-electron chi connectivity index (χ4n) is 3.03. The van der Waals surface area contributed by atoms with Gasteiger partial charge in [-0.2, -0.15) is 17.5 Å². The Labute approximate surface area is 150 Å². The predicted octanol–water partition coefficient (Wildman–Crippen LogP) is 1.34. The summed E-state index contributed by atoms with van der Waals surface area (Å²) in [5.74, 6) is 0.226. The highest BCUT2D eigenvalue weighted by Crippen LogP contribution is 2.31. The fraction of sp³-hybridized carbons (Fsp3) is 0.643. The Hall–Kier alpha value is -1.10. The Morgan fingerprint density at radius 3 is 2.44 bits per heavy atom. The fourth-order valence-corrected chi connectivity index (χ4v) is 4.87. The van der Waals surface area contributed by atoms with Gasteiger partial charge in [0.25, 0.3) is 0 Å². The summed E-state index contributed by atoms with van der Waals surface area (Å²) < 4.78 is 64.8. The van der Waals surface area contributed by atoms with Crippen LogP contribution in [0.25, 0.3) is 0 Å². The molecule has 2 saturated heterocycles. The molecule has 25 heavy (non-hydrogen) atoms. The van der Waals surface area contributed by atoms with Crippen molar-refractivity contribution in [2.45, 2.75) is 17.8 Å². The average molecular weight is 401 g/mol. The van der Waals surface area contributed by atoms with Crippen molar-refractivity contribution in [2.75, 3.05) is 44.2 Å². The van der Waals surface area contributed by atoms with Crippen LogP contribution in [-0.4, -0.2) is 62.2 Å². The number of piperazine rings is 1. The van der Waals surface area contributed by atoms with Crippen molar-refractivity contribution in [2.24, 2.45) is 0 Å². The minimum Gasteiger partial charge on any atom is -0.354 e. The summed E-state index contributed by atoms with van der Waals surface area (Å²) >= 11 is 0. The van der Waals surface area contributed by atoms with E-state index in [0.717, 1.165) is 18.3 Å². The number of hydrogen-bond acceptors (Lipinski definition) is 5. The van der Waals surface area contributed by atoms with Crippen LogP contribution < -0.4 is 10.2 Å². The Morgan fingerprint density at radius 1 is 1.20 bits per heavy atom. The molecule has 1 N–H and O–H groups in total. The molecule has 0 amide bonds. The van der Waals surface area contributed by atoms with Gasteiger partial charge in [0, 0.05) is 38.9 Å². The minimum absolute atomic E-state index is 0. The highest BCUT2D eigenvalue weighted by Gasteiger charge is 2.36. The van der Waals surface area contributed by atoms with E-state index in [1.807, 2.05) is 0 Å². The molecule has 1 aromatic heterocycles. The summed E-state index contributed by atoms with van der Waals surface area (Å²) in [6.45, 7) is 2.32. The van der Waals surface area contributed by atoms with Crippen LogP contribution in [-0.2, 0) is 16.2 Å². The van der Waals surface area contributed by atoms with Crippen LogP contribution in [0, 0.1) is 0 Å². The lowest BCUT2D eigenvalue weighted by Crippen LogP contribution is -2.51. The van der Waals surface area contributed by atoms with E-state index >= 15 is 0 Å². The van der Waals surface area contributed by atoms with Gasteiger partial charge in [0.15, 0.2) is 0 Å². The van der Waals surface area contributed by atoms with Gasteiger partial charge in [-0.1, -0.05) is 0 Å². The van der Waals surface area contributed by atoms with Crippen molar-refractivity contribution in [3.63, 3.8) is 0 Å². The molecule has 0 bridgehead atoms. The molecule has 1 aromatic rings. The average Bonchev–Trinajstić information content (AvgIpc) is 3.10. The molecule has 2 fully saturated rings. The van der Waals surface area contributed by atoms with Crippen molar-refractivity contribution in [3.05, 3.63) is 23.9 Å². The number of sulfonamides is 1. The first-order valence-corrected chi connectivity index (χ1v) is 9.27. The van der Waals surface area contributed by atoms with Crippen molar-refractivity contribution < 1.29 is 21.6 Å². The monoisotopic (exact) mass is 400 g/mol. The van der Waals surface area contributed by atoms with Crippen molar-refractivity contribution >= 4 is 28.2 Å². The highest BCUT2D eigenvalue weighted by atomic mass is 35.5. The van der Waals surface area contributed by atoms with Gasteiger partial charge < -0.3 is 10.2 Å². The Balaban J connectivity index is 0.00000225. The van der Waals surface area contributed by atoms with E-state index in [1.165, 1.54) is 4.31 Å². The van der Waals surface area contributed by atoms with Crippen LogP contribution in [0.15, 0.2) is 18.3 Å². The summed E-state index contributed by atoms with van der Waals surface area (Å²) in [7, 11) is -3.36. The van der Waals surface area contributed by atoms with E-state index in [-0.39, 0.29) is 31.3 Å². The van der Waals surface area contributed by atoms with Gasteiger partial charge in [-0.15, -0.1) is 12.4 Å². The Bertz CT molecular complexity index is 688. The summed E-state index contributed by atoms with van der Waals surface area (Å²) in [6.07, 6.45) is -2.69. The van der Waals surface area contributed by atoms with Gasteiger partial charge in [-0.3, -0.25) is 0 Å². The zero-order valence-corrected chi connectivity index (χ0v) is 15.0. The lowest BCUT2D eigenvalue weighted by atomic mass is 10.2. The van der Waals surface area contributed by atoms with Gasteiger partial charge in [-0.05, 0) is 25.1 Å². The first-order chi connectivity index (χ1) is 11.3. The molecule has 2 aliphatic rings. The normalized spacial score (nSPS) is 22.7. The molecule has 0 spiro atoms. The van der Waals surface area contributed by atoms with Crippen molar-refractivity contribution in [3.8, 4) is 0 Å². The lowest BCUT2D eigenvalue weighted by molar-refractivity contribution is -0.137. The first-order valence-electron chi connectivity index (χ1n) is 7.76. The summed E-state index contributed by atoms with van der Waals surface area (Å²) in [5, 5.41) is 2.63. The summed E-state index contributed by atoms with van der Waals surface area (Å²) in [6, 6.07) is 1.93. The summed E-state index contributed by atoms with van der Waals surface area (Å²) in [4.78, 5) is 5.68. The quantitative estimate of drug-likeness (QED) is 0.829. The van der Waals surface area contributed by atoms with E-state index in [9.17, 15) is 21.6 Å². The second-order valence-corrected chi connectivity index (χ2v) is 8.16. The van der Waals surface area contributed by atoms with Gasteiger partial charge in [0.05, 0.1) is 10.8 Å². The van der Waals surface area contributed by atoms with Crippen LogP contribution in [0.5, 0.6) is 0 Å². The molecule has 0 saturated carbocycles. The molecule has 0 radical (unpaired) electrons. The SMILES string of the molecule is Cl.O=S(=O)(C1CCNC1)N1CCN(c2cc(C(F)(F)F)ccn2)CC1. The molecular formula is C14H20ClF3N4O2S. The van der Waals surface area contributed by atoms with E-state index in [2.05, 4.69) is 10.3 Å². The third kappa shape index (κ3) is 4.36. The van der Waals surface area contributed by atoms with Gasteiger partial charge >= 0.3 is 6.18 Å². The van der Waals surface area contributed by atoms with Crippen molar-refractivity contribution in [1.29, 1.82) is 0 Å². The van der Waals surface area contributed by atoms with E-state index in [4.69, 9.17) is 0 Å². The standard InChI is InChI=1S/C14H19F3N4O2S.ClH/c15-14(16,17)11-1-4-19-13(9-11)20-5-7-21(8-6-20)24(22,23)12-2-3-18-10-12;/h1,4,9,12,18H,2-3,5-8,10H2;1H. The van der Waals surface area contributed by atoms with Gasteiger partial charge in [-0.25, -0.2) is 13.4 Å². The summed E-state index contributed by atoms with van der Waals surface area (Å²) in [5.41, 5.74) is -0.750. The molecule has 0 aromatic carbocycles. The van der Waals surface area contributed by atoms with Crippen molar-refractivity contribution in [1.82, 2.24) is 14.6 Å². The maximum absolute atomic E-state index is 12.8. The van der Waals surface area contributed by atoms with Crippen LogP contribution in [0.4, 0.5) is 19.0 Å². The van der Waals surface area contributed by atoms with Crippen LogP contribution >= 0.6 is 12.4 Å². The van der Waals surface area contributed by atoms with E-state index in [0.29, 0.717) is 32.6 Å². The number of halogens is 4. The molecule has 1 atom stereocenters. The first kappa shape index (κ1) is 20.2. The number of nitrogens with one attached hydrogen (secondary N) is 1. The molecular weight excluding hydrogens is 381 g/mol. The predicted molar refractivity (Wildman–Crippen MR) is 90.5 cm³/mol. The lowest BCUT2D eigenvalue weighted by Gasteiger charge is -2.36. The number of alkyl halides is 3. The number of anilines is 1. The molecule has 3 heterocycles. The van der Waals surface area contributed by atoms with Gasteiger partial charge in [0.2, 0.25) is 10.0 Å². The third-order valence-corrected chi connectivity index (χ3v) is 6.76. The molecule has 3 rings (SSSR count). The highest BCUT2D eigenvalue weighted by molar-refractivity contribution is 7.89. The van der Waals surface area contributed by atoms with Crippen LogP contribution in [0.2, 0.25) is 0 Å². The Morgan fingerprint density at radius 2 is 1.88 bits per heavy atom. The number of aromatic nitrogens is 1. The Kier molecular flexibility index (Phi) is 6.18. The number of pyridine rings is 1. The molecule has 1 unspecified atom stereocenters. The second-order valence-electron chi connectivity index (χ2n) is 5.95. The van der Waals surface area contributed by atoms with E-state index < -0.39 is 27.0 Å². The molecule has 0 aliphatic carbocycles. The maximum atomic E-state index is 12.8. The number of rotatable bonds is 3.